The van der Waals surface area contributed by atoms with Gasteiger partial charge in [-0.25, -0.2) is 4.79 Å². The number of hydrogen-bond donors (Lipinski definition) is 2. The third kappa shape index (κ3) is 3.24. The summed E-state index contributed by atoms with van der Waals surface area (Å²) >= 11 is 7.58. The van der Waals surface area contributed by atoms with Gasteiger partial charge in [0, 0.05) is 4.88 Å². The van der Waals surface area contributed by atoms with Crippen molar-refractivity contribution in [3.63, 3.8) is 0 Å². The van der Waals surface area contributed by atoms with E-state index in [-0.39, 0.29) is 12.1 Å². The second kappa shape index (κ2) is 5.89. The molecule has 5 heteroatoms. The molecule has 1 aromatic carbocycles. The number of carbonyl (C=O) groups excluding carboxylic acids is 1. The molecule has 1 atom stereocenters. The van der Waals surface area contributed by atoms with Gasteiger partial charge in [-0.2, -0.15) is 0 Å². The van der Waals surface area contributed by atoms with Crippen molar-refractivity contribution in [3.8, 4) is 0 Å². The number of thiophene rings is 1. The minimum absolute atomic E-state index is 0.0208. The Morgan fingerprint density at radius 3 is 2.72 bits per heavy atom. The van der Waals surface area contributed by atoms with Gasteiger partial charge in [-0.3, -0.25) is 0 Å². The first-order valence-corrected chi connectivity index (χ1v) is 6.78. The van der Waals surface area contributed by atoms with E-state index in [0.717, 1.165) is 4.88 Å². The number of anilines is 1. The minimum atomic E-state index is -0.260. The van der Waals surface area contributed by atoms with E-state index in [2.05, 4.69) is 10.6 Å². The lowest BCUT2D eigenvalue weighted by Gasteiger charge is -2.13. The highest BCUT2D eigenvalue weighted by Gasteiger charge is 2.11. The van der Waals surface area contributed by atoms with E-state index in [1.165, 1.54) is 0 Å². The molecule has 2 rings (SSSR count). The van der Waals surface area contributed by atoms with Crippen LogP contribution in [0.5, 0.6) is 0 Å². The van der Waals surface area contributed by atoms with Crippen molar-refractivity contribution in [1.29, 1.82) is 0 Å². The molecule has 3 nitrogen and oxygen atoms in total. The van der Waals surface area contributed by atoms with Crippen LogP contribution in [0.15, 0.2) is 41.8 Å². The van der Waals surface area contributed by atoms with E-state index in [9.17, 15) is 4.79 Å². The molecular weight excluding hydrogens is 268 g/mol. The number of carbonyl (C=O) groups is 1. The van der Waals surface area contributed by atoms with Crippen molar-refractivity contribution >= 4 is 34.7 Å². The lowest BCUT2D eigenvalue weighted by atomic mass is 10.3. The second-order valence-corrected chi connectivity index (χ2v) is 5.20. The molecule has 1 unspecified atom stereocenters. The summed E-state index contributed by atoms with van der Waals surface area (Å²) < 4.78 is 0. The third-order valence-corrected chi connectivity index (χ3v) is 3.82. The molecule has 0 saturated heterocycles. The van der Waals surface area contributed by atoms with Crippen molar-refractivity contribution in [2.45, 2.75) is 13.0 Å². The fourth-order valence-corrected chi connectivity index (χ4v) is 2.44. The van der Waals surface area contributed by atoms with E-state index in [4.69, 9.17) is 11.6 Å². The largest absolute Gasteiger partial charge is 0.331 e. The van der Waals surface area contributed by atoms with Crippen molar-refractivity contribution in [2.24, 2.45) is 0 Å². The highest BCUT2D eigenvalue weighted by molar-refractivity contribution is 7.10. The van der Waals surface area contributed by atoms with Gasteiger partial charge in [0.05, 0.1) is 16.8 Å². The Labute approximate surface area is 115 Å². The van der Waals surface area contributed by atoms with Crippen LogP contribution in [0.25, 0.3) is 0 Å². The number of para-hydroxylation sites is 1. The molecule has 18 heavy (non-hydrogen) atoms. The Balaban J connectivity index is 1.95. The van der Waals surface area contributed by atoms with E-state index >= 15 is 0 Å². The smallest absolute Gasteiger partial charge is 0.319 e. The topological polar surface area (TPSA) is 41.1 Å². The van der Waals surface area contributed by atoms with Gasteiger partial charge in [0.15, 0.2) is 0 Å². The molecule has 0 aliphatic rings. The monoisotopic (exact) mass is 280 g/mol. The van der Waals surface area contributed by atoms with Crippen LogP contribution in [-0.4, -0.2) is 6.03 Å². The average Bonchev–Trinajstić information content (AvgIpc) is 2.85. The zero-order valence-corrected chi connectivity index (χ0v) is 11.4. The molecule has 2 N–H and O–H groups in total. The number of benzene rings is 1. The normalized spacial score (nSPS) is 11.9. The Bertz CT molecular complexity index is 528. The molecule has 94 valence electrons. The number of urea groups is 1. The predicted molar refractivity (Wildman–Crippen MR) is 76.3 cm³/mol. The summed E-state index contributed by atoms with van der Waals surface area (Å²) in [5.41, 5.74) is 0.607. The molecule has 0 spiro atoms. The molecule has 0 radical (unpaired) electrons. The van der Waals surface area contributed by atoms with Gasteiger partial charge in [-0.15, -0.1) is 11.3 Å². The van der Waals surface area contributed by atoms with Crippen LogP contribution < -0.4 is 10.6 Å². The number of halogens is 1. The van der Waals surface area contributed by atoms with Crippen molar-refractivity contribution in [3.05, 3.63) is 51.7 Å². The molecule has 0 saturated carbocycles. The Morgan fingerprint density at radius 1 is 1.28 bits per heavy atom. The lowest BCUT2D eigenvalue weighted by Crippen LogP contribution is -2.30. The van der Waals surface area contributed by atoms with Crippen LogP contribution in [0.3, 0.4) is 0 Å². The van der Waals surface area contributed by atoms with Gasteiger partial charge in [0.2, 0.25) is 0 Å². The fourth-order valence-electron chi connectivity index (χ4n) is 1.53. The van der Waals surface area contributed by atoms with Gasteiger partial charge in [-0.1, -0.05) is 29.8 Å². The first kappa shape index (κ1) is 12.9. The van der Waals surface area contributed by atoms with Crippen molar-refractivity contribution in [1.82, 2.24) is 5.32 Å². The van der Waals surface area contributed by atoms with E-state index in [1.807, 2.05) is 36.6 Å². The Kier molecular flexibility index (Phi) is 4.23. The highest BCUT2D eigenvalue weighted by Crippen LogP contribution is 2.21. The number of amides is 2. The van der Waals surface area contributed by atoms with Gasteiger partial charge < -0.3 is 10.6 Å². The van der Waals surface area contributed by atoms with Gasteiger partial charge in [0.1, 0.15) is 0 Å². The molecule has 0 aliphatic heterocycles. The first-order valence-electron chi connectivity index (χ1n) is 5.52. The summed E-state index contributed by atoms with van der Waals surface area (Å²) in [5.74, 6) is 0. The maximum Gasteiger partial charge on any atom is 0.319 e. The van der Waals surface area contributed by atoms with Crippen LogP contribution in [-0.2, 0) is 0 Å². The average molecular weight is 281 g/mol. The number of rotatable bonds is 3. The summed E-state index contributed by atoms with van der Waals surface area (Å²) in [6.07, 6.45) is 0. The first-order chi connectivity index (χ1) is 8.66. The zero-order chi connectivity index (χ0) is 13.0. The van der Waals surface area contributed by atoms with Crippen LogP contribution in [0.4, 0.5) is 10.5 Å². The summed E-state index contributed by atoms with van der Waals surface area (Å²) in [6, 6.07) is 10.8. The number of nitrogens with one attached hydrogen (secondary N) is 2. The molecule has 2 aromatic rings. The van der Waals surface area contributed by atoms with Crippen molar-refractivity contribution < 1.29 is 4.79 Å². The Morgan fingerprint density at radius 2 is 2.06 bits per heavy atom. The molecule has 0 fully saturated rings. The van der Waals surface area contributed by atoms with Crippen LogP contribution in [0, 0.1) is 0 Å². The quantitative estimate of drug-likeness (QED) is 0.865. The highest BCUT2D eigenvalue weighted by atomic mass is 35.5. The molecule has 0 bridgehead atoms. The van der Waals surface area contributed by atoms with E-state index in [1.54, 1.807) is 23.5 Å². The zero-order valence-electron chi connectivity index (χ0n) is 9.81. The summed E-state index contributed by atoms with van der Waals surface area (Å²) in [4.78, 5) is 12.9. The maximum atomic E-state index is 11.8. The standard InChI is InChI=1S/C13H13ClN2OS/c1-9(12-7-4-8-18-12)15-13(17)16-11-6-3-2-5-10(11)14/h2-9H,1H3,(H2,15,16,17). The summed E-state index contributed by atoms with van der Waals surface area (Å²) in [7, 11) is 0. The molecule has 1 heterocycles. The second-order valence-electron chi connectivity index (χ2n) is 3.82. The maximum absolute atomic E-state index is 11.8. The van der Waals surface area contributed by atoms with Gasteiger partial charge >= 0.3 is 6.03 Å². The molecular formula is C13H13ClN2OS. The lowest BCUT2D eigenvalue weighted by molar-refractivity contribution is 0.249. The molecule has 2 amide bonds. The van der Waals surface area contributed by atoms with Crippen LogP contribution in [0.2, 0.25) is 5.02 Å². The van der Waals surface area contributed by atoms with Crippen molar-refractivity contribution in [2.75, 3.05) is 5.32 Å². The van der Waals surface area contributed by atoms with Gasteiger partial charge in [-0.05, 0) is 30.5 Å². The SMILES string of the molecule is CC(NC(=O)Nc1ccccc1Cl)c1cccs1. The number of hydrogen-bond acceptors (Lipinski definition) is 2. The van der Waals surface area contributed by atoms with Gasteiger partial charge in [0.25, 0.3) is 0 Å². The fraction of sp³-hybridized carbons (Fsp3) is 0.154. The minimum Gasteiger partial charge on any atom is -0.331 e. The van der Waals surface area contributed by atoms with E-state index < -0.39 is 0 Å². The Hall–Kier alpha value is -1.52. The molecule has 0 aliphatic carbocycles. The van der Waals surface area contributed by atoms with Crippen LogP contribution >= 0.6 is 22.9 Å². The van der Waals surface area contributed by atoms with E-state index in [0.29, 0.717) is 10.7 Å². The predicted octanol–water partition coefficient (Wildman–Crippen LogP) is 4.28. The molecule has 1 aromatic heterocycles. The van der Waals surface area contributed by atoms with Crippen LogP contribution in [0.1, 0.15) is 17.8 Å². The summed E-state index contributed by atoms with van der Waals surface area (Å²) in [6.45, 7) is 1.94. The summed E-state index contributed by atoms with van der Waals surface area (Å²) in [5, 5.41) is 8.10. The third-order valence-electron chi connectivity index (χ3n) is 2.44.